The Morgan fingerprint density at radius 2 is 1.94 bits per heavy atom. The molecule has 2 unspecified atom stereocenters. The van der Waals surface area contributed by atoms with Crippen LogP contribution in [0.2, 0.25) is 0 Å². The molecule has 2 fully saturated rings. The van der Waals surface area contributed by atoms with Crippen LogP contribution in [0.5, 0.6) is 11.5 Å². The summed E-state index contributed by atoms with van der Waals surface area (Å²) >= 11 is 1.57. The van der Waals surface area contributed by atoms with Gasteiger partial charge in [-0.2, -0.15) is 0 Å². The van der Waals surface area contributed by atoms with Crippen molar-refractivity contribution in [2.24, 2.45) is 0 Å². The number of amides is 4. The zero-order valence-corrected chi connectivity index (χ0v) is 19.0. The minimum atomic E-state index is -0.603. The zero-order valence-electron chi connectivity index (χ0n) is 18.2. The molecule has 4 amide bonds. The SMILES string of the molecule is COc1cccc(N2C(=O)C3CC(NC(=O)c4ccc(SC)cc4OC)CCN3C2=O)c1. The van der Waals surface area contributed by atoms with Gasteiger partial charge in [0.2, 0.25) is 0 Å². The van der Waals surface area contributed by atoms with Crippen molar-refractivity contribution in [3.05, 3.63) is 48.0 Å². The molecular weight excluding hydrogens is 430 g/mol. The van der Waals surface area contributed by atoms with Gasteiger partial charge in [-0.05, 0) is 49.4 Å². The van der Waals surface area contributed by atoms with Crippen LogP contribution in [0.4, 0.5) is 10.5 Å². The van der Waals surface area contributed by atoms with Crippen molar-refractivity contribution in [1.82, 2.24) is 10.2 Å². The number of nitrogens with one attached hydrogen (secondary N) is 1. The molecule has 0 saturated carbocycles. The number of benzene rings is 2. The van der Waals surface area contributed by atoms with Gasteiger partial charge in [0, 0.05) is 23.5 Å². The van der Waals surface area contributed by atoms with Crippen molar-refractivity contribution in [3.8, 4) is 11.5 Å². The van der Waals surface area contributed by atoms with E-state index in [2.05, 4.69) is 5.32 Å². The highest BCUT2D eigenvalue weighted by Gasteiger charge is 2.48. The van der Waals surface area contributed by atoms with Crippen LogP contribution in [0.1, 0.15) is 23.2 Å². The molecule has 2 aliphatic rings. The Kier molecular flexibility index (Phi) is 6.27. The molecule has 168 valence electrons. The van der Waals surface area contributed by atoms with E-state index in [1.165, 1.54) is 19.1 Å². The first kappa shape index (κ1) is 22.0. The van der Waals surface area contributed by atoms with Crippen LogP contribution < -0.4 is 19.7 Å². The molecule has 2 aliphatic heterocycles. The number of methoxy groups -OCH3 is 2. The van der Waals surface area contributed by atoms with Gasteiger partial charge in [-0.25, -0.2) is 9.69 Å². The van der Waals surface area contributed by atoms with Crippen molar-refractivity contribution < 1.29 is 23.9 Å². The number of carbonyl (C=O) groups is 3. The molecule has 0 radical (unpaired) electrons. The summed E-state index contributed by atoms with van der Waals surface area (Å²) in [6.45, 7) is 0.392. The lowest BCUT2D eigenvalue weighted by Crippen LogP contribution is -2.49. The third-order valence-electron chi connectivity index (χ3n) is 5.84. The van der Waals surface area contributed by atoms with Crippen LogP contribution in [0, 0.1) is 0 Å². The fraction of sp³-hybridized carbons (Fsp3) is 0.348. The van der Waals surface area contributed by atoms with E-state index in [0.717, 1.165) is 4.90 Å². The number of anilines is 1. The number of imide groups is 1. The topological polar surface area (TPSA) is 88.2 Å². The molecular formula is C23H25N3O5S. The first-order chi connectivity index (χ1) is 15.5. The Morgan fingerprint density at radius 3 is 2.66 bits per heavy atom. The number of carbonyl (C=O) groups excluding carboxylic acids is 3. The fourth-order valence-corrected chi connectivity index (χ4v) is 4.60. The minimum Gasteiger partial charge on any atom is -0.497 e. The van der Waals surface area contributed by atoms with E-state index in [0.29, 0.717) is 42.1 Å². The quantitative estimate of drug-likeness (QED) is 0.532. The zero-order chi connectivity index (χ0) is 22.8. The molecule has 0 spiro atoms. The summed E-state index contributed by atoms with van der Waals surface area (Å²) in [6, 6.07) is 11.1. The molecule has 1 N–H and O–H groups in total. The second kappa shape index (κ2) is 9.12. The van der Waals surface area contributed by atoms with E-state index in [4.69, 9.17) is 9.47 Å². The minimum absolute atomic E-state index is 0.226. The van der Waals surface area contributed by atoms with Crippen LogP contribution in [-0.4, -0.2) is 61.8 Å². The van der Waals surface area contributed by atoms with Crippen LogP contribution in [-0.2, 0) is 4.79 Å². The van der Waals surface area contributed by atoms with Gasteiger partial charge < -0.3 is 19.7 Å². The molecule has 32 heavy (non-hydrogen) atoms. The summed E-state index contributed by atoms with van der Waals surface area (Å²) in [5, 5.41) is 3.01. The molecule has 2 aromatic rings. The third-order valence-corrected chi connectivity index (χ3v) is 6.57. The van der Waals surface area contributed by atoms with Crippen LogP contribution >= 0.6 is 11.8 Å². The first-order valence-corrected chi connectivity index (χ1v) is 11.5. The summed E-state index contributed by atoms with van der Waals surface area (Å²) in [7, 11) is 3.07. The average molecular weight is 456 g/mol. The maximum atomic E-state index is 13.1. The van der Waals surface area contributed by atoms with E-state index < -0.39 is 6.04 Å². The van der Waals surface area contributed by atoms with Gasteiger partial charge in [0.15, 0.2) is 0 Å². The smallest absolute Gasteiger partial charge is 0.332 e. The Morgan fingerprint density at radius 1 is 1.12 bits per heavy atom. The van der Waals surface area contributed by atoms with E-state index in [1.807, 2.05) is 18.4 Å². The number of thioether (sulfide) groups is 1. The number of hydrogen-bond acceptors (Lipinski definition) is 6. The Labute approximate surface area is 190 Å². The van der Waals surface area contributed by atoms with E-state index in [-0.39, 0.29) is 23.9 Å². The van der Waals surface area contributed by atoms with Crippen LogP contribution in [0.15, 0.2) is 47.4 Å². The standard InChI is InChI=1S/C23H25N3O5S/c1-30-16-6-4-5-15(12-16)26-22(28)19-11-14(9-10-25(19)23(26)29)24-21(27)18-8-7-17(32-3)13-20(18)31-2/h4-8,12-14,19H,9-11H2,1-3H3,(H,24,27). The van der Waals surface area contributed by atoms with Gasteiger partial charge in [-0.15, -0.1) is 11.8 Å². The molecule has 2 atom stereocenters. The number of piperidine rings is 1. The van der Waals surface area contributed by atoms with Gasteiger partial charge in [0.05, 0.1) is 25.5 Å². The molecule has 2 aromatic carbocycles. The Balaban J connectivity index is 1.48. The van der Waals surface area contributed by atoms with Crippen molar-refractivity contribution in [3.63, 3.8) is 0 Å². The normalized spacial score (nSPS) is 20.2. The van der Waals surface area contributed by atoms with Crippen molar-refractivity contribution >= 4 is 35.3 Å². The molecule has 2 heterocycles. The van der Waals surface area contributed by atoms with Gasteiger partial charge in [0.1, 0.15) is 17.5 Å². The maximum absolute atomic E-state index is 13.1. The monoisotopic (exact) mass is 455 g/mol. The largest absolute Gasteiger partial charge is 0.497 e. The lowest BCUT2D eigenvalue weighted by molar-refractivity contribution is -0.120. The summed E-state index contributed by atoms with van der Waals surface area (Å²) in [5.74, 6) is 0.529. The Bertz CT molecular complexity index is 1060. The van der Waals surface area contributed by atoms with Gasteiger partial charge in [0.25, 0.3) is 11.8 Å². The predicted molar refractivity (Wildman–Crippen MR) is 122 cm³/mol. The number of rotatable bonds is 6. The maximum Gasteiger partial charge on any atom is 0.332 e. The predicted octanol–water partition coefficient (Wildman–Crippen LogP) is 3.16. The highest BCUT2D eigenvalue weighted by atomic mass is 32.2. The van der Waals surface area contributed by atoms with Gasteiger partial charge in [-0.3, -0.25) is 9.59 Å². The van der Waals surface area contributed by atoms with Crippen molar-refractivity contribution in [2.45, 2.75) is 29.8 Å². The number of hydrogen-bond donors (Lipinski definition) is 1. The van der Waals surface area contributed by atoms with Gasteiger partial charge >= 0.3 is 6.03 Å². The van der Waals surface area contributed by atoms with E-state index >= 15 is 0 Å². The summed E-state index contributed by atoms with van der Waals surface area (Å²) in [4.78, 5) is 42.7. The fourth-order valence-electron chi connectivity index (χ4n) is 4.17. The lowest BCUT2D eigenvalue weighted by Gasteiger charge is -2.32. The van der Waals surface area contributed by atoms with Gasteiger partial charge in [-0.1, -0.05) is 6.07 Å². The summed E-state index contributed by atoms with van der Waals surface area (Å²) < 4.78 is 10.6. The summed E-state index contributed by atoms with van der Waals surface area (Å²) in [5.41, 5.74) is 0.924. The molecule has 8 nitrogen and oxygen atoms in total. The average Bonchev–Trinajstić information content (AvgIpc) is 3.07. The summed E-state index contributed by atoms with van der Waals surface area (Å²) in [6.07, 6.45) is 2.89. The highest BCUT2D eigenvalue weighted by molar-refractivity contribution is 7.98. The third kappa shape index (κ3) is 4.00. The number of fused-ring (bicyclic) bond motifs is 1. The molecule has 0 aliphatic carbocycles. The lowest BCUT2D eigenvalue weighted by atomic mass is 9.97. The van der Waals surface area contributed by atoms with Crippen LogP contribution in [0.25, 0.3) is 0 Å². The molecule has 2 saturated heterocycles. The first-order valence-electron chi connectivity index (χ1n) is 10.3. The Hall–Kier alpha value is -3.20. The van der Waals surface area contributed by atoms with Crippen molar-refractivity contribution in [1.29, 1.82) is 0 Å². The second-order valence-electron chi connectivity index (χ2n) is 7.63. The van der Waals surface area contributed by atoms with E-state index in [9.17, 15) is 14.4 Å². The van der Waals surface area contributed by atoms with Crippen molar-refractivity contribution in [2.75, 3.05) is 31.9 Å². The number of ether oxygens (including phenoxy) is 2. The number of urea groups is 1. The van der Waals surface area contributed by atoms with Crippen LogP contribution in [0.3, 0.4) is 0 Å². The molecule has 0 bridgehead atoms. The highest BCUT2D eigenvalue weighted by Crippen LogP contribution is 2.33. The molecule has 9 heteroatoms. The second-order valence-corrected chi connectivity index (χ2v) is 8.51. The molecule has 0 aromatic heterocycles. The van der Waals surface area contributed by atoms with E-state index in [1.54, 1.807) is 47.0 Å². The number of nitrogens with zero attached hydrogens (tertiary/aromatic N) is 2. The molecule has 4 rings (SSSR count).